The molecule has 116 valence electrons. The highest BCUT2D eigenvalue weighted by Crippen LogP contribution is 2.08. The molecule has 0 bridgehead atoms. The maximum atomic E-state index is 12.0. The number of carbonyl (C=O) groups is 1. The van der Waals surface area contributed by atoms with Crippen LogP contribution in [0.2, 0.25) is 0 Å². The van der Waals surface area contributed by atoms with Crippen LogP contribution in [-0.2, 0) is 16.1 Å². The van der Waals surface area contributed by atoms with Crippen molar-refractivity contribution >= 4 is 5.91 Å². The molecule has 7 heteroatoms. The number of carbonyl (C=O) groups excluding carboxylic acids is 1. The van der Waals surface area contributed by atoms with Crippen LogP contribution >= 0.6 is 0 Å². The van der Waals surface area contributed by atoms with Gasteiger partial charge in [0.05, 0.1) is 6.61 Å². The molecule has 0 aromatic carbocycles. The maximum absolute atomic E-state index is 12.0. The van der Waals surface area contributed by atoms with E-state index < -0.39 is 6.10 Å². The summed E-state index contributed by atoms with van der Waals surface area (Å²) in [5.74, 6) is 1.60. The van der Waals surface area contributed by atoms with Crippen LogP contribution < -0.4 is 10.6 Å². The molecular formula is C15H19N5O2. The first-order valence-electron chi connectivity index (χ1n) is 7.29. The van der Waals surface area contributed by atoms with Gasteiger partial charge >= 0.3 is 0 Å². The number of pyridine rings is 1. The number of hydrogen-bond donors (Lipinski definition) is 2. The molecule has 0 radical (unpaired) electrons. The summed E-state index contributed by atoms with van der Waals surface area (Å²) in [5, 5.41) is 6.01. The van der Waals surface area contributed by atoms with E-state index >= 15 is 0 Å². The van der Waals surface area contributed by atoms with Crippen molar-refractivity contribution in [2.75, 3.05) is 19.7 Å². The summed E-state index contributed by atoms with van der Waals surface area (Å²) < 4.78 is 7.32. The van der Waals surface area contributed by atoms with Crippen LogP contribution in [0.3, 0.4) is 0 Å². The van der Waals surface area contributed by atoms with Gasteiger partial charge in [0, 0.05) is 38.2 Å². The van der Waals surface area contributed by atoms with Crippen molar-refractivity contribution in [2.24, 2.45) is 0 Å². The summed E-state index contributed by atoms with van der Waals surface area (Å²) in [6.07, 6.45) is 4.96. The van der Waals surface area contributed by atoms with E-state index in [1.807, 2.05) is 29.8 Å². The van der Waals surface area contributed by atoms with Gasteiger partial charge in [0.15, 0.2) is 0 Å². The number of nitrogens with one attached hydrogen (secondary N) is 2. The van der Waals surface area contributed by atoms with Crippen molar-refractivity contribution in [1.29, 1.82) is 0 Å². The fraction of sp³-hybridized carbons (Fsp3) is 0.400. The Hall–Kier alpha value is -2.25. The van der Waals surface area contributed by atoms with E-state index in [1.165, 1.54) is 0 Å². The molecule has 1 amide bonds. The van der Waals surface area contributed by atoms with Crippen LogP contribution in [0, 0.1) is 6.92 Å². The normalized spacial score (nSPS) is 18.1. The molecular weight excluding hydrogens is 282 g/mol. The summed E-state index contributed by atoms with van der Waals surface area (Å²) in [6, 6.07) is 3.86. The number of morpholine rings is 1. The average molecular weight is 301 g/mol. The minimum absolute atomic E-state index is 0.0956. The van der Waals surface area contributed by atoms with Crippen LogP contribution in [0.4, 0.5) is 0 Å². The summed E-state index contributed by atoms with van der Waals surface area (Å²) in [7, 11) is 0. The molecule has 0 aliphatic carbocycles. The van der Waals surface area contributed by atoms with Crippen molar-refractivity contribution in [1.82, 2.24) is 25.2 Å². The molecule has 3 heterocycles. The van der Waals surface area contributed by atoms with Crippen molar-refractivity contribution in [3.05, 3.63) is 42.1 Å². The van der Waals surface area contributed by atoms with Crippen LogP contribution in [0.5, 0.6) is 0 Å². The number of ether oxygens (including phenoxy) is 1. The van der Waals surface area contributed by atoms with Gasteiger partial charge in [-0.2, -0.15) is 0 Å². The fourth-order valence-corrected chi connectivity index (χ4v) is 2.32. The highest BCUT2D eigenvalue weighted by molar-refractivity contribution is 5.81. The summed E-state index contributed by atoms with van der Waals surface area (Å²) in [4.78, 5) is 20.5. The van der Waals surface area contributed by atoms with Crippen molar-refractivity contribution < 1.29 is 9.53 Å². The van der Waals surface area contributed by atoms with E-state index in [2.05, 4.69) is 20.6 Å². The lowest BCUT2D eigenvalue weighted by Crippen LogP contribution is -2.47. The molecule has 22 heavy (non-hydrogen) atoms. The Morgan fingerprint density at radius 3 is 3.05 bits per heavy atom. The molecule has 7 nitrogen and oxygen atoms in total. The van der Waals surface area contributed by atoms with Gasteiger partial charge < -0.3 is 15.4 Å². The highest BCUT2D eigenvalue weighted by Gasteiger charge is 2.21. The van der Waals surface area contributed by atoms with Gasteiger partial charge in [0.2, 0.25) is 0 Å². The molecule has 2 N–H and O–H groups in total. The Labute approximate surface area is 128 Å². The number of imidazole rings is 1. The van der Waals surface area contributed by atoms with Gasteiger partial charge in [-0.25, -0.2) is 9.97 Å². The van der Waals surface area contributed by atoms with Crippen LogP contribution in [-0.4, -0.2) is 46.2 Å². The van der Waals surface area contributed by atoms with Gasteiger partial charge in [-0.1, -0.05) is 6.07 Å². The SMILES string of the molecule is Cc1nccn1-c1ccc(CNC(=O)C2CNCCO2)cn1. The third-order valence-corrected chi connectivity index (χ3v) is 3.57. The Balaban J connectivity index is 1.57. The molecule has 1 aliphatic heterocycles. The number of nitrogens with zero attached hydrogens (tertiary/aromatic N) is 3. The lowest BCUT2D eigenvalue weighted by Gasteiger charge is -2.22. The van der Waals surface area contributed by atoms with Crippen LogP contribution in [0.1, 0.15) is 11.4 Å². The number of rotatable bonds is 4. The number of aryl methyl sites for hydroxylation is 1. The molecule has 1 fully saturated rings. The molecule has 1 unspecified atom stereocenters. The fourth-order valence-electron chi connectivity index (χ4n) is 2.32. The van der Waals surface area contributed by atoms with Gasteiger partial charge in [-0.15, -0.1) is 0 Å². The van der Waals surface area contributed by atoms with Crippen molar-refractivity contribution in [3.8, 4) is 5.82 Å². The Bertz CT molecular complexity index is 632. The van der Waals surface area contributed by atoms with E-state index in [1.54, 1.807) is 12.4 Å². The minimum Gasteiger partial charge on any atom is -0.366 e. The minimum atomic E-state index is -0.408. The van der Waals surface area contributed by atoms with Gasteiger partial charge in [0.25, 0.3) is 5.91 Å². The lowest BCUT2D eigenvalue weighted by molar-refractivity contribution is -0.134. The molecule has 3 rings (SSSR count). The molecule has 0 spiro atoms. The first-order chi connectivity index (χ1) is 10.7. The average Bonchev–Trinajstić information content (AvgIpc) is 3.00. The summed E-state index contributed by atoms with van der Waals surface area (Å²) in [6.45, 7) is 4.28. The van der Waals surface area contributed by atoms with Crippen LogP contribution in [0.25, 0.3) is 5.82 Å². The number of amides is 1. The molecule has 1 atom stereocenters. The third kappa shape index (κ3) is 3.32. The smallest absolute Gasteiger partial charge is 0.250 e. The zero-order chi connectivity index (χ0) is 15.4. The second-order valence-corrected chi connectivity index (χ2v) is 5.15. The third-order valence-electron chi connectivity index (χ3n) is 3.57. The van der Waals surface area contributed by atoms with E-state index in [0.717, 1.165) is 23.8 Å². The Kier molecular flexibility index (Phi) is 4.45. The first kappa shape index (κ1) is 14.7. The monoisotopic (exact) mass is 301 g/mol. The highest BCUT2D eigenvalue weighted by atomic mass is 16.5. The second-order valence-electron chi connectivity index (χ2n) is 5.15. The van der Waals surface area contributed by atoms with Crippen LogP contribution in [0.15, 0.2) is 30.7 Å². The quantitative estimate of drug-likeness (QED) is 0.842. The van der Waals surface area contributed by atoms with Gasteiger partial charge in [-0.05, 0) is 18.6 Å². The first-order valence-corrected chi connectivity index (χ1v) is 7.29. The largest absolute Gasteiger partial charge is 0.366 e. The summed E-state index contributed by atoms with van der Waals surface area (Å²) in [5.41, 5.74) is 0.943. The van der Waals surface area contributed by atoms with Crippen molar-refractivity contribution in [2.45, 2.75) is 19.6 Å². The summed E-state index contributed by atoms with van der Waals surface area (Å²) >= 11 is 0. The second kappa shape index (κ2) is 6.67. The Morgan fingerprint density at radius 2 is 2.41 bits per heavy atom. The van der Waals surface area contributed by atoms with E-state index in [-0.39, 0.29) is 5.91 Å². The van der Waals surface area contributed by atoms with E-state index in [9.17, 15) is 4.79 Å². The van der Waals surface area contributed by atoms with Crippen molar-refractivity contribution in [3.63, 3.8) is 0 Å². The van der Waals surface area contributed by atoms with Gasteiger partial charge in [-0.3, -0.25) is 9.36 Å². The molecule has 2 aromatic heterocycles. The topological polar surface area (TPSA) is 81.1 Å². The molecule has 0 saturated carbocycles. The molecule has 1 saturated heterocycles. The van der Waals surface area contributed by atoms with E-state index in [0.29, 0.717) is 19.7 Å². The lowest BCUT2D eigenvalue weighted by atomic mass is 10.2. The number of hydrogen-bond acceptors (Lipinski definition) is 5. The zero-order valence-corrected chi connectivity index (χ0v) is 12.5. The Morgan fingerprint density at radius 1 is 1.50 bits per heavy atom. The molecule has 1 aliphatic rings. The predicted molar refractivity (Wildman–Crippen MR) is 80.6 cm³/mol. The number of aromatic nitrogens is 3. The maximum Gasteiger partial charge on any atom is 0.250 e. The van der Waals surface area contributed by atoms with Gasteiger partial charge in [0.1, 0.15) is 17.7 Å². The predicted octanol–water partition coefficient (Wildman–Crippen LogP) is 0.180. The standard InChI is InChI=1S/C15H19N5O2/c1-11-17-4-6-20(11)14-3-2-12(8-18-14)9-19-15(21)13-10-16-5-7-22-13/h2-4,6,8,13,16H,5,7,9-10H2,1H3,(H,19,21). The zero-order valence-electron chi connectivity index (χ0n) is 12.5. The molecule has 2 aromatic rings. The van der Waals surface area contributed by atoms with E-state index in [4.69, 9.17) is 4.74 Å².